The third-order valence-corrected chi connectivity index (χ3v) is 3.79. The van der Waals surface area contributed by atoms with Gasteiger partial charge in [-0.15, -0.1) is 0 Å². The Labute approximate surface area is 141 Å². The van der Waals surface area contributed by atoms with Crippen LogP contribution in [0.5, 0.6) is 5.75 Å². The molecule has 0 spiro atoms. The molecule has 0 saturated carbocycles. The van der Waals surface area contributed by atoms with Crippen LogP contribution in [0.25, 0.3) is 10.8 Å². The summed E-state index contributed by atoms with van der Waals surface area (Å²) in [6.07, 6.45) is 1.16. The number of ether oxygens (including phenoxy) is 2. The fourth-order valence-electron chi connectivity index (χ4n) is 2.52. The molecule has 3 nitrogen and oxygen atoms in total. The molecule has 0 bridgehead atoms. The summed E-state index contributed by atoms with van der Waals surface area (Å²) in [7, 11) is 0. The number of esters is 1. The predicted octanol–water partition coefficient (Wildman–Crippen LogP) is 4.65. The van der Waals surface area contributed by atoms with E-state index in [1.54, 1.807) is 0 Å². The van der Waals surface area contributed by atoms with E-state index in [2.05, 4.69) is 18.7 Å². The monoisotopic (exact) mass is 318 g/mol. The molecule has 24 heavy (non-hydrogen) atoms. The van der Waals surface area contributed by atoms with Gasteiger partial charge in [0.2, 0.25) is 0 Å². The minimum absolute atomic E-state index is 0.208. The maximum atomic E-state index is 11.3. The summed E-state index contributed by atoms with van der Waals surface area (Å²) in [5.41, 5.74) is 1.91. The van der Waals surface area contributed by atoms with Gasteiger partial charge in [0.1, 0.15) is 19.0 Å². The van der Waals surface area contributed by atoms with Crippen LogP contribution in [0.3, 0.4) is 0 Å². The summed E-state index contributed by atoms with van der Waals surface area (Å²) in [5.74, 6) is 0.408. The van der Waals surface area contributed by atoms with Crippen molar-refractivity contribution in [2.45, 2.75) is 13.2 Å². The van der Waals surface area contributed by atoms with E-state index >= 15 is 0 Å². The van der Waals surface area contributed by atoms with Crippen LogP contribution in [0.2, 0.25) is 0 Å². The van der Waals surface area contributed by atoms with Crippen LogP contribution < -0.4 is 4.74 Å². The second-order valence-electron chi connectivity index (χ2n) is 5.35. The van der Waals surface area contributed by atoms with Gasteiger partial charge in [-0.05, 0) is 22.6 Å². The standard InChI is InChI=1S/C21H18O3/c1-2-21(22)24-15-18-10-4-3-9-17(18)14-23-20-13-7-11-16-8-5-6-12-19(16)20/h2-13H,1,14-15H2. The van der Waals surface area contributed by atoms with Crippen LogP contribution >= 0.6 is 0 Å². The number of fused-ring (bicyclic) bond motifs is 1. The zero-order valence-corrected chi connectivity index (χ0v) is 13.3. The van der Waals surface area contributed by atoms with Crippen molar-refractivity contribution in [3.05, 3.63) is 90.5 Å². The first-order valence-corrected chi connectivity index (χ1v) is 7.74. The maximum absolute atomic E-state index is 11.3. The summed E-state index contributed by atoms with van der Waals surface area (Å²) in [6.45, 7) is 4.02. The third kappa shape index (κ3) is 3.63. The van der Waals surface area contributed by atoms with Gasteiger partial charge < -0.3 is 9.47 Å². The number of carbonyl (C=O) groups excluding carboxylic acids is 1. The van der Waals surface area contributed by atoms with E-state index in [1.165, 1.54) is 0 Å². The fourth-order valence-corrected chi connectivity index (χ4v) is 2.52. The summed E-state index contributed by atoms with van der Waals surface area (Å²) in [5, 5.41) is 2.22. The molecule has 0 N–H and O–H groups in total. The molecule has 3 heteroatoms. The first-order chi connectivity index (χ1) is 11.8. The molecule has 0 radical (unpaired) electrons. The molecule has 120 valence electrons. The van der Waals surface area contributed by atoms with Crippen molar-refractivity contribution in [1.82, 2.24) is 0 Å². The van der Waals surface area contributed by atoms with Crippen LogP contribution in [-0.4, -0.2) is 5.97 Å². The van der Waals surface area contributed by atoms with Crippen molar-refractivity contribution in [2.75, 3.05) is 0 Å². The average Bonchev–Trinajstić information content (AvgIpc) is 2.65. The van der Waals surface area contributed by atoms with E-state index in [0.717, 1.165) is 33.7 Å². The van der Waals surface area contributed by atoms with Gasteiger partial charge in [0.25, 0.3) is 0 Å². The normalized spacial score (nSPS) is 10.3. The van der Waals surface area contributed by atoms with Crippen molar-refractivity contribution >= 4 is 16.7 Å². The molecular formula is C21H18O3. The van der Waals surface area contributed by atoms with Crippen LogP contribution in [0.15, 0.2) is 79.4 Å². The smallest absolute Gasteiger partial charge is 0.330 e. The second-order valence-corrected chi connectivity index (χ2v) is 5.35. The Balaban J connectivity index is 1.76. The molecule has 0 unspecified atom stereocenters. The van der Waals surface area contributed by atoms with Gasteiger partial charge in [0.05, 0.1) is 0 Å². The van der Waals surface area contributed by atoms with E-state index in [4.69, 9.17) is 9.47 Å². The van der Waals surface area contributed by atoms with Crippen molar-refractivity contribution < 1.29 is 14.3 Å². The lowest BCUT2D eigenvalue weighted by atomic mass is 10.1. The highest BCUT2D eigenvalue weighted by Gasteiger charge is 2.07. The van der Waals surface area contributed by atoms with Gasteiger partial charge in [-0.2, -0.15) is 0 Å². The number of hydrogen-bond acceptors (Lipinski definition) is 3. The molecule has 0 aliphatic carbocycles. The number of rotatable bonds is 6. The quantitative estimate of drug-likeness (QED) is 0.490. The van der Waals surface area contributed by atoms with Gasteiger partial charge in [-0.25, -0.2) is 4.79 Å². The number of benzene rings is 3. The predicted molar refractivity (Wildman–Crippen MR) is 94.7 cm³/mol. The largest absolute Gasteiger partial charge is 0.488 e. The number of carbonyl (C=O) groups is 1. The van der Waals surface area contributed by atoms with E-state index in [1.807, 2.05) is 54.6 Å². The second kappa shape index (κ2) is 7.47. The molecule has 0 atom stereocenters. The molecule has 0 aromatic heterocycles. The van der Waals surface area contributed by atoms with Crippen LogP contribution in [-0.2, 0) is 22.7 Å². The summed E-state index contributed by atoms with van der Waals surface area (Å²) in [4.78, 5) is 11.3. The van der Waals surface area contributed by atoms with Crippen LogP contribution in [0.1, 0.15) is 11.1 Å². The number of hydrogen-bond donors (Lipinski definition) is 0. The summed E-state index contributed by atoms with van der Waals surface area (Å²) < 4.78 is 11.1. The third-order valence-electron chi connectivity index (χ3n) is 3.79. The summed E-state index contributed by atoms with van der Waals surface area (Å²) >= 11 is 0. The van der Waals surface area contributed by atoms with Gasteiger partial charge >= 0.3 is 5.97 Å². The molecule has 0 saturated heterocycles. The van der Waals surface area contributed by atoms with Gasteiger partial charge in [0, 0.05) is 11.5 Å². The van der Waals surface area contributed by atoms with Gasteiger partial charge in [0.15, 0.2) is 0 Å². The van der Waals surface area contributed by atoms with Crippen molar-refractivity contribution in [2.24, 2.45) is 0 Å². The first-order valence-electron chi connectivity index (χ1n) is 7.74. The Morgan fingerprint density at radius 2 is 1.54 bits per heavy atom. The average molecular weight is 318 g/mol. The SMILES string of the molecule is C=CC(=O)OCc1ccccc1COc1cccc2ccccc12. The lowest BCUT2D eigenvalue weighted by molar-refractivity contribution is -0.139. The van der Waals surface area contributed by atoms with Crippen LogP contribution in [0.4, 0.5) is 0 Å². The van der Waals surface area contributed by atoms with Crippen molar-refractivity contribution in [1.29, 1.82) is 0 Å². The van der Waals surface area contributed by atoms with E-state index < -0.39 is 5.97 Å². The Morgan fingerprint density at radius 3 is 2.33 bits per heavy atom. The molecule has 0 fully saturated rings. The topological polar surface area (TPSA) is 35.5 Å². The summed E-state index contributed by atoms with van der Waals surface area (Å²) in [6, 6.07) is 21.9. The van der Waals surface area contributed by atoms with Crippen molar-refractivity contribution in [3.63, 3.8) is 0 Å². The minimum atomic E-state index is -0.431. The van der Waals surface area contributed by atoms with Crippen LogP contribution in [0, 0.1) is 0 Å². The highest BCUT2D eigenvalue weighted by Crippen LogP contribution is 2.26. The minimum Gasteiger partial charge on any atom is -0.488 e. The van der Waals surface area contributed by atoms with Crippen molar-refractivity contribution in [3.8, 4) is 5.75 Å². The molecule has 0 heterocycles. The highest BCUT2D eigenvalue weighted by atomic mass is 16.5. The van der Waals surface area contributed by atoms with Gasteiger partial charge in [-0.3, -0.25) is 0 Å². The molecule has 0 aliphatic heterocycles. The lowest BCUT2D eigenvalue weighted by Gasteiger charge is -2.12. The molecule has 3 aromatic rings. The fraction of sp³-hybridized carbons (Fsp3) is 0.0952. The molecule has 0 amide bonds. The van der Waals surface area contributed by atoms with E-state index in [0.29, 0.717) is 6.61 Å². The van der Waals surface area contributed by atoms with E-state index in [9.17, 15) is 4.79 Å². The Bertz CT molecular complexity index is 862. The highest BCUT2D eigenvalue weighted by molar-refractivity contribution is 5.88. The van der Waals surface area contributed by atoms with Gasteiger partial charge in [-0.1, -0.05) is 67.2 Å². The molecule has 3 aromatic carbocycles. The Hall–Kier alpha value is -3.07. The molecular weight excluding hydrogens is 300 g/mol. The molecule has 0 aliphatic rings. The molecule has 3 rings (SSSR count). The Morgan fingerprint density at radius 1 is 0.875 bits per heavy atom. The Kier molecular flexibility index (Phi) is 4.92. The van der Waals surface area contributed by atoms with E-state index in [-0.39, 0.29) is 6.61 Å². The maximum Gasteiger partial charge on any atom is 0.330 e. The zero-order chi connectivity index (χ0) is 16.8. The first kappa shape index (κ1) is 15.8. The lowest BCUT2D eigenvalue weighted by Crippen LogP contribution is -2.05. The zero-order valence-electron chi connectivity index (χ0n) is 13.3.